The number of hydrogen-bond acceptors (Lipinski definition) is 7. The summed E-state index contributed by atoms with van der Waals surface area (Å²) in [6.07, 6.45) is 2.67. The van der Waals surface area contributed by atoms with Gasteiger partial charge in [0.2, 0.25) is 5.91 Å². The molecule has 0 aromatic heterocycles. The number of carbonyl (C=O) groups excluding carboxylic acids is 1. The van der Waals surface area contributed by atoms with Gasteiger partial charge in [0.15, 0.2) is 6.79 Å². The third kappa shape index (κ3) is 4.58. The molecule has 0 atom stereocenters. The molecule has 1 N–H and O–H groups in total. The Hall–Kier alpha value is -3.30. The first kappa shape index (κ1) is 20.4. The topological polar surface area (TPSA) is 109 Å². The Morgan fingerprint density at radius 3 is 2.69 bits per heavy atom. The molecule has 1 aliphatic rings. The third-order valence-corrected chi connectivity index (χ3v) is 4.38. The zero-order chi connectivity index (χ0) is 21.0. The van der Waals surface area contributed by atoms with E-state index in [-0.39, 0.29) is 19.1 Å². The van der Waals surface area contributed by atoms with E-state index in [1.165, 1.54) is 50.6 Å². The number of non-ortho nitro benzene ring substituents is 1. The predicted molar refractivity (Wildman–Crippen MR) is 106 cm³/mol. The summed E-state index contributed by atoms with van der Waals surface area (Å²) in [5.41, 5.74) is 1.17. The summed E-state index contributed by atoms with van der Waals surface area (Å²) in [5.74, 6) is 0.676. The Labute approximate surface area is 170 Å². The fourth-order valence-electron chi connectivity index (χ4n) is 2.76. The molecule has 0 radical (unpaired) electrons. The molecule has 29 heavy (non-hydrogen) atoms. The Balaban J connectivity index is 1.86. The van der Waals surface area contributed by atoms with Crippen LogP contribution in [0.4, 0.5) is 11.4 Å². The molecule has 1 heterocycles. The zero-order valence-corrected chi connectivity index (χ0v) is 16.3. The fourth-order valence-corrected chi connectivity index (χ4v) is 2.99. The van der Waals surface area contributed by atoms with Crippen molar-refractivity contribution in [1.82, 2.24) is 0 Å². The van der Waals surface area contributed by atoms with E-state index in [2.05, 4.69) is 5.32 Å². The maximum atomic E-state index is 12.4. The van der Waals surface area contributed by atoms with Crippen molar-refractivity contribution in [1.29, 1.82) is 0 Å². The lowest BCUT2D eigenvalue weighted by atomic mass is 10.1. The summed E-state index contributed by atoms with van der Waals surface area (Å²) < 4.78 is 21.0. The molecule has 2 aromatic carbocycles. The van der Waals surface area contributed by atoms with Crippen molar-refractivity contribution in [3.63, 3.8) is 0 Å². The fraction of sp³-hybridized carbons (Fsp3) is 0.211. The minimum Gasteiger partial charge on any atom is -0.495 e. The number of amides is 1. The number of nitro groups is 1. The maximum Gasteiger partial charge on any atom is 0.270 e. The number of benzene rings is 2. The predicted octanol–water partition coefficient (Wildman–Crippen LogP) is 3.78. The number of methoxy groups -OCH3 is 2. The van der Waals surface area contributed by atoms with Crippen LogP contribution in [0.3, 0.4) is 0 Å². The Morgan fingerprint density at radius 2 is 2.00 bits per heavy atom. The smallest absolute Gasteiger partial charge is 0.270 e. The van der Waals surface area contributed by atoms with E-state index in [1.807, 2.05) is 0 Å². The van der Waals surface area contributed by atoms with Gasteiger partial charge < -0.3 is 24.3 Å². The zero-order valence-electron chi connectivity index (χ0n) is 15.6. The van der Waals surface area contributed by atoms with Gasteiger partial charge >= 0.3 is 0 Å². The van der Waals surface area contributed by atoms with Crippen LogP contribution in [0.5, 0.6) is 17.2 Å². The van der Waals surface area contributed by atoms with Crippen molar-refractivity contribution >= 4 is 35.0 Å². The number of nitrogens with zero attached hydrogens (tertiary/aromatic N) is 1. The van der Waals surface area contributed by atoms with E-state index in [1.54, 1.807) is 0 Å². The summed E-state index contributed by atoms with van der Waals surface area (Å²) in [6.45, 7) is 0.214. The molecule has 152 valence electrons. The van der Waals surface area contributed by atoms with Crippen LogP contribution >= 0.6 is 11.6 Å². The first-order chi connectivity index (χ1) is 13.9. The summed E-state index contributed by atoms with van der Waals surface area (Å²) in [6, 6.07) is 5.77. The number of halogens is 1. The van der Waals surface area contributed by atoms with Gasteiger partial charge in [0.05, 0.1) is 36.5 Å². The number of nitro benzene ring substituents is 1. The van der Waals surface area contributed by atoms with Crippen LogP contribution in [0.2, 0.25) is 5.02 Å². The molecule has 0 bridgehead atoms. The van der Waals surface area contributed by atoms with Crippen LogP contribution in [0, 0.1) is 10.1 Å². The van der Waals surface area contributed by atoms with Crippen molar-refractivity contribution in [2.75, 3.05) is 26.3 Å². The number of rotatable bonds is 6. The monoisotopic (exact) mass is 420 g/mol. The van der Waals surface area contributed by atoms with Gasteiger partial charge in [0.25, 0.3) is 5.69 Å². The highest BCUT2D eigenvalue weighted by molar-refractivity contribution is 6.32. The van der Waals surface area contributed by atoms with E-state index >= 15 is 0 Å². The minimum atomic E-state index is -0.517. The molecule has 0 saturated heterocycles. The van der Waals surface area contributed by atoms with E-state index in [0.29, 0.717) is 39.1 Å². The SMILES string of the molecule is COc1cc(NC(=O)/C=C/c2cc([N+](=O)[O-])cc3c2OCOC3)c(OC)cc1Cl. The van der Waals surface area contributed by atoms with E-state index in [0.717, 1.165) is 0 Å². The first-order valence-electron chi connectivity index (χ1n) is 8.35. The van der Waals surface area contributed by atoms with Crippen LogP contribution < -0.4 is 19.5 Å². The molecule has 0 unspecified atom stereocenters. The van der Waals surface area contributed by atoms with Gasteiger partial charge in [0.1, 0.15) is 17.2 Å². The Bertz CT molecular complexity index is 991. The molecular weight excluding hydrogens is 404 g/mol. The molecule has 9 nitrogen and oxygen atoms in total. The molecule has 1 aliphatic heterocycles. The van der Waals surface area contributed by atoms with Crippen molar-refractivity contribution in [2.24, 2.45) is 0 Å². The molecule has 2 aromatic rings. The maximum absolute atomic E-state index is 12.4. The number of hydrogen-bond donors (Lipinski definition) is 1. The van der Waals surface area contributed by atoms with Gasteiger partial charge in [0, 0.05) is 41.5 Å². The van der Waals surface area contributed by atoms with Crippen LogP contribution in [0.1, 0.15) is 11.1 Å². The van der Waals surface area contributed by atoms with E-state index in [9.17, 15) is 14.9 Å². The van der Waals surface area contributed by atoms with Crippen LogP contribution in [0.15, 0.2) is 30.3 Å². The minimum absolute atomic E-state index is 0.0274. The molecule has 3 rings (SSSR count). The lowest BCUT2D eigenvalue weighted by Crippen LogP contribution is -2.13. The molecule has 1 amide bonds. The Morgan fingerprint density at radius 1 is 1.24 bits per heavy atom. The average molecular weight is 421 g/mol. The number of fused-ring (bicyclic) bond motifs is 1. The summed E-state index contributed by atoms with van der Waals surface area (Å²) in [5, 5.41) is 14.2. The number of carbonyl (C=O) groups is 1. The van der Waals surface area contributed by atoms with E-state index in [4.69, 9.17) is 30.5 Å². The molecular formula is C19H17ClN2O7. The van der Waals surface area contributed by atoms with Gasteiger partial charge in [-0.2, -0.15) is 0 Å². The Kier molecular flexibility index (Phi) is 6.20. The molecule has 0 saturated carbocycles. The van der Waals surface area contributed by atoms with Crippen molar-refractivity contribution in [3.8, 4) is 17.2 Å². The highest BCUT2D eigenvalue weighted by Gasteiger charge is 2.20. The van der Waals surface area contributed by atoms with Gasteiger partial charge in [-0.25, -0.2) is 0 Å². The quantitative estimate of drug-likeness (QED) is 0.430. The largest absolute Gasteiger partial charge is 0.495 e. The van der Waals surface area contributed by atoms with Crippen LogP contribution in [0.25, 0.3) is 6.08 Å². The molecule has 0 spiro atoms. The number of ether oxygens (including phenoxy) is 4. The third-order valence-electron chi connectivity index (χ3n) is 4.08. The second-order valence-electron chi connectivity index (χ2n) is 5.90. The molecule has 0 aliphatic carbocycles. The van der Waals surface area contributed by atoms with Gasteiger partial charge in [-0.15, -0.1) is 0 Å². The van der Waals surface area contributed by atoms with Crippen LogP contribution in [-0.2, 0) is 16.1 Å². The number of nitrogens with one attached hydrogen (secondary N) is 1. The lowest BCUT2D eigenvalue weighted by molar-refractivity contribution is -0.385. The second-order valence-corrected chi connectivity index (χ2v) is 6.31. The van der Waals surface area contributed by atoms with Crippen molar-refractivity contribution < 1.29 is 28.7 Å². The molecule has 0 fully saturated rings. The lowest BCUT2D eigenvalue weighted by Gasteiger charge is -2.19. The second kappa shape index (κ2) is 8.80. The standard InChI is InChI=1S/C19H17ClN2O7/c1-26-16-8-15(17(27-2)7-14(16)20)21-18(23)4-3-11-5-13(22(24)25)6-12-9-28-10-29-19(11)12/h3-8H,9-10H2,1-2H3,(H,21,23)/b4-3+. The molecule has 10 heteroatoms. The average Bonchev–Trinajstić information content (AvgIpc) is 2.72. The van der Waals surface area contributed by atoms with Gasteiger partial charge in [-0.05, 0) is 6.08 Å². The number of anilines is 1. The highest BCUT2D eigenvalue weighted by Crippen LogP contribution is 2.36. The van der Waals surface area contributed by atoms with Gasteiger partial charge in [-0.3, -0.25) is 14.9 Å². The van der Waals surface area contributed by atoms with Crippen molar-refractivity contribution in [3.05, 3.63) is 56.6 Å². The summed E-state index contributed by atoms with van der Waals surface area (Å²) >= 11 is 6.05. The van der Waals surface area contributed by atoms with Crippen LogP contribution in [-0.4, -0.2) is 31.8 Å². The van der Waals surface area contributed by atoms with Crippen molar-refractivity contribution in [2.45, 2.75) is 6.61 Å². The van der Waals surface area contributed by atoms with E-state index < -0.39 is 10.8 Å². The highest BCUT2D eigenvalue weighted by atomic mass is 35.5. The first-order valence-corrected chi connectivity index (χ1v) is 8.73. The summed E-state index contributed by atoms with van der Waals surface area (Å²) in [4.78, 5) is 23.0. The normalized spacial score (nSPS) is 12.8. The summed E-state index contributed by atoms with van der Waals surface area (Å²) in [7, 11) is 2.90. The van der Waals surface area contributed by atoms with Gasteiger partial charge in [-0.1, -0.05) is 11.6 Å².